The Bertz CT molecular complexity index is 1340. The third-order valence-electron chi connectivity index (χ3n) is 6.72. The maximum atomic E-state index is 14.0. The van der Waals surface area contributed by atoms with Gasteiger partial charge >= 0.3 is 5.91 Å². The van der Waals surface area contributed by atoms with E-state index in [9.17, 15) is 23.9 Å². The van der Waals surface area contributed by atoms with Gasteiger partial charge in [0.05, 0.1) is 28.6 Å². The van der Waals surface area contributed by atoms with Crippen LogP contribution in [0.15, 0.2) is 42.7 Å². The fourth-order valence-electron chi connectivity index (χ4n) is 5.07. The predicted octanol–water partition coefficient (Wildman–Crippen LogP) is 3.07. The second kappa shape index (κ2) is 8.74. The zero-order chi connectivity index (χ0) is 25.7. The normalized spacial score (nSPS) is 19.2. The fraction of sp³-hybridized carbons (Fsp3) is 0.308. The van der Waals surface area contributed by atoms with Crippen molar-refractivity contribution in [3.8, 4) is 11.3 Å². The van der Waals surface area contributed by atoms with Gasteiger partial charge in [0.25, 0.3) is 11.7 Å². The summed E-state index contributed by atoms with van der Waals surface area (Å²) in [5, 5.41) is 9.99. The highest BCUT2D eigenvalue weighted by Gasteiger charge is 2.49. The smallest absolute Gasteiger partial charge is 0.301 e. The van der Waals surface area contributed by atoms with E-state index in [1.165, 1.54) is 27.7 Å². The van der Waals surface area contributed by atoms with Gasteiger partial charge in [0, 0.05) is 30.7 Å². The average molecular weight is 479 g/mol. The first-order valence-electron chi connectivity index (χ1n) is 11.2. The van der Waals surface area contributed by atoms with E-state index in [1.807, 2.05) is 0 Å². The van der Waals surface area contributed by atoms with Gasteiger partial charge in [-0.2, -0.15) is 0 Å². The van der Waals surface area contributed by atoms with E-state index < -0.39 is 35.1 Å². The molecule has 0 spiro atoms. The minimum absolute atomic E-state index is 0.0231. The van der Waals surface area contributed by atoms with Crippen molar-refractivity contribution < 1.29 is 23.9 Å². The molecular weight excluding hydrogens is 451 g/mol. The van der Waals surface area contributed by atoms with Gasteiger partial charge in [-0.1, -0.05) is 0 Å². The number of aliphatic hydroxyl groups is 1. The Morgan fingerprint density at radius 3 is 2.46 bits per heavy atom. The second-order valence-corrected chi connectivity index (χ2v) is 9.32. The van der Waals surface area contributed by atoms with Gasteiger partial charge in [-0.05, 0) is 75.1 Å². The van der Waals surface area contributed by atoms with E-state index in [4.69, 9.17) is 5.73 Å². The summed E-state index contributed by atoms with van der Waals surface area (Å²) in [5.41, 5.74) is 6.89. The number of amides is 2. The zero-order valence-corrected chi connectivity index (χ0v) is 20.0. The molecular formula is C26H27FN4O4. The molecule has 35 heavy (non-hydrogen) atoms. The summed E-state index contributed by atoms with van der Waals surface area (Å²) in [6.07, 6.45) is 3.04. The van der Waals surface area contributed by atoms with Crippen LogP contribution in [0.3, 0.4) is 0 Å². The molecule has 0 bridgehead atoms. The summed E-state index contributed by atoms with van der Waals surface area (Å²) in [5.74, 6) is -2.85. The molecule has 9 heteroatoms. The number of aliphatic hydroxyl groups excluding tert-OH is 1. The monoisotopic (exact) mass is 478 g/mol. The standard InChI is InChI=1S/C26H27FN4O4/c1-14-10-17(7-8-19(14)27)31(26(3)11-18(32)12-26)25(35)23(33)21-15(2)20(24(28)34)22(30(21)4)16-6-5-9-29-13-16/h5-10,13,18,32H,11-12H2,1-4H3,(H2,28,34). The van der Waals surface area contributed by atoms with Crippen molar-refractivity contribution in [1.82, 2.24) is 9.55 Å². The van der Waals surface area contributed by atoms with Gasteiger partial charge in [-0.15, -0.1) is 0 Å². The van der Waals surface area contributed by atoms with E-state index >= 15 is 0 Å². The fourth-order valence-corrected chi connectivity index (χ4v) is 5.07. The lowest BCUT2D eigenvalue weighted by Crippen LogP contribution is -2.61. The number of benzene rings is 1. The lowest BCUT2D eigenvalue weighted by Gasteiger charge is -2.50. The summed E-state index contributed by atoms with van der Waals surface area (Å²) in [4.78, 5) is 45.3. The predicted molar refractivity (Wildman–Crippen MR) is 128 cm³/mol. The Labute approximate surface area is 202 Å². The maximum absolute atomic E-state index is 14.0. The summed E-state index contributed by atoms with van der Waals surface area (Å²) in [7, 11) is 1.59. The number of carbonyl (C=O) groups is 3. The molecule has 1 aliphatic carbocycles. The number of anilines is 1. The Morgan fingerprint density at radius 2 is 1.91 bits per heavy atom. The first-order valence-corrected chi connectivity index (χ1v) is 11.2. The first-order chi connectivity index (χ1) is 16.5. The van der Waals surface area contributed by atoms with Crippen LogP contribution in [0.5, 0.6) is 0 Å². The molecule has 1 aromatic carbocycles. The largest absolute Gasteiger partial charge is 0.393 e. The molecule has 2 heterocycles. The molecule has 2 amide bonds. The molecule has 1 saturated carbocycles. The van der Waals surface area contributed by atoms with E-state index in [0.29, 0.717) is 22.5 Å². The Kier molecular flexibility index (Phi) is 6.06. The second-order valence-electron chi connectivity index (χ2n) is 9.32. The minimum Gasteiger partial charge on any atom is -0.393 e. The number of hydrogen-bond acceptors (Lipinski definition) is 5. The molecule has 0 atom stereocenters. The van der Waals surface area contributed by atoms with Crippen molar-refractivity contribution in [1.29, 1.82) is 0 Å². The van der Waals surface area contributed by atoms with E-state index in [1.54, 1.807) is 52.3 Å². The number of aromatic nitrogens is 2. The number of hydrogen-bond donors (Lipinski definition) is 2. The third-order valence-corrected chi connectivity index (χ3v) is 6.72. The van der Waals surface area contributed by atoms with Crippen LogP contribution in [-0.4, -0.2) is 43.9 Å². The van der Waals surface area contributed by atoms with Crippen LogP contribution in [0.4, 0.5) is 10.1 Å². The van der Waals surface area contributed by atoms with Crippen molar-refractivity contribution in [2.75, 3.05) is 4.90 Å². The first kappa shape index (κ1) is 24.3. The number of carbonyl (C=O) groups excluding carboxylic acids is 3. The number of nitrogens with zero attached hydrogens (tertiary/aromatic N) is 3. The van der Waals surface area contributed by atoms with Crippen molar-refractivity contribution in [2.45, 2.75) is 45.3 Å². The highest BCUT2D eigenvalue weighted by molar-refractivity contribution is 6.47. The van der Waals surface area contributed by atoms with Gasteiger partial charge in [0.15, 0.2) is 0 Å². The number of pyridine rings is 1. The minimum atomic E-state index is -0.845. The van der Waals surface area contributed by atoms with Crippen LogP contribution >= 0.6 is 0 Å². The summed E-state index contributed by atoms with van der Waals surface area (Å²) < 4.78 is 15.5. The van der Waals surface area contributed by atoms with Crippen LogP contribution in [-0.2, 0) is 11.8 Å². The number of nitrogens with two attached hydrogens (primary N) is 1. The third kappa shape index (κ3) is 4.01. The Hall–Kier alpha value is -3.85. The number of halogens is 1. The topological polar surface area (TPSA) is 119 Å². The van der Waals surface area contributed by atoms with Crippen molar-refractivity contribution in [3.05, 3.63) is 70.9 Å². The molecule has 1 fully saturated rings. The average Bonchev–Trinajstić information content (AvgIpc) is 3.05. The van der Waals surface area contributed by atoms with Gasteiger partial charge < -0.3 is 15.4 Å². The number of ketones is 1. The highest BCUT2D eigenvalue weighted by Crippen LogP contribution is 2.41. The van der Waals surface area contributed by atoms with Gasteiger partial charge in [-0.25, -0.2) is 4.39 Å². The lowest BCUT2D eigenvalue weighted by atomic mass is 9.74. The maximum Gasteiger partial charge on any atom is 0.301 e. The molecule has 8 nitrogen and oxygen atoms in total. The van der Waals surface area contributed by atoms with Crippen LogP contribution < -0.4 is 10.6 Å². The van der Waals surface area contributed by atoms with E-state index in [0.717, 1.165) is 0 Å². The molecule has 3 N–H and O–H groups in total. The van der Waals surface area contributed by atoms with Crippen LogP contribution in [0, 0.1) is 19.7 Å². The van der Waals surface area contributed by atoms with Gasteiger partial charge in [-0.3, -0.25) is 24.3 Å². The Balaban J connectivity index is 1.85. The SMILES string of the molecule is Cc1cc(N(C(=O)C(=O)c2c(C)c(C(N)=O)c(-c3cccnc3)n2C)C2(C)CC(O)C2)ccc1F. The molecule has 1 aliphatic rings. The van der Waals surface area contributed by atoms with Crippen molar-refractivity contribution >= 4 is 23.3 Å². The number of Topliss-reactive ketones (excluding diaryl/α,β-unsaturated/α-hetero) is 1. The molecule has 0 unspecified atom stereocenters. The van der Waals surface area contributed by atoms with Crippen LogP contribution in [0.25, 0.3) is 11.3 Å². The Morgan fingerprint density at radius 1 is 1.23 bits per heavy atom. The zero-order valence-electron chi connectivity index (χ0n) is 20.0. The summed E-state index contributed by atoms with van der Waals surface area (Å²) in [6, 6.07) is 7.61. The summed E-state index contributed by atoms with van der Waals surface area (Å²) in [6.45, 7) is 4.92. The van der Waals surface area contributed by atoms with Crippen LogP contribution in [0.1, 0.15) is 51.7 Å². The molecule has 3 aromatic rings. The number of aryl methyl sites for hydroxylation is 1. The molecule has 0 radical (unpaired) electrons. The van der Waals surface area contributed by atoms with Crippen molar-refractivity contribution in [2.24, 2.45) is 12.8 Å². The van der Waals surface area contributed by atoms with Gasteiger partial charge in [0.1, 0.15) is 5.82 Å². The summed E-state index contributed by atoms with van der Waals surface area (Å²) >= 11 is 0. The number of primary amides is 1. The van der Waals surface area contributed by atoms with Crippen molar-refractivity contribution in [3.63, 3.8) is 0 Å². The lowest BCUT2D eigenvalue weighted by molar-refractivity contribution is -0.117. The molecule has 2 aromatic heterocycles. The molecule has 0 aliphatic heterocycles. The van der Waals surface area contributed by atoms with E-state index in [-0.39, 0.29) is 29.7 Å². The number of rotatable bonds is 6. The van der Waals surface area contributed by atoms with E-state index in [2.05, 4.69) is 4.98 Å². The molecule has 4 rings (SSSR count). The van der Waals surface area contributed by atoms with Crippen LogP contribution in [0.2, 0.25) is 0 Å². The van der Waals surface area contributed by atoms with Gasteiger partial charge in [0.2, 0.25) is 0 Å². The highest BCUT2D eigenvalue weighted by atomic mass is 19.1. The quantitative estimate of drug-likeness (QED) is 0.417. The molecule has 182 valence electrons. The molecule has 0 saturated heterocycles.